The van der Waals surface area contributed by atoms with Crippen molar-refractivity contribution >= 4 is 0 Å². The molecule has 2 rings (SSSR count). The number of hydrogen-bond donors (Lipinski definition) is 2. The van der Waals surface area contributed by atoms with Gasteiger partial charge in [-0.25, -0.2) is 4.39 Å². The van der Waals surface area contributed by atoms with Crippen LogP contribution < -0.4 is 5.73 Å². The third kappa shape index (κ3) is 1.66. The summed E-state index contributed by atoms with van der Waals surface area (Å²) in [5, 5.41) is 9.25. The molecule has 1 aromatic carbocycles. The molecule has 0 bridgehead atoms. The Morgan fingerprint density at radius 2 is 2.20 bits per heavy atom. The molecular formula is C12H16FNO. The molecule has 0 heterocycles. The first-order chi connectivity index (χ1) is 7.18. The minimum atomic E-state index is -0.680. The zero-order valence-corrected chi connectivity index (χ0v) is 8.62. The van der Waals surface area contributed by atoms with Gasteiger partial charge in [-0.3, -0.25) is 0 Å². The summed E-state index contributed by atoms with van der Waals surface area (Å²) in [5.41, 5.74) is 6.10. The zero-order valence-electron chi connectivity index (χ0n) is 8.62. The summed E-state index contributed by atoms with van der Waals surface area (Å²) in [7, 11) is 0. The monoisotopic (exact) mass is 209 g/mol. The van der Waals surface area contributed by atoms with Crippen LogP contribution in [0.2, 0.25) is 0 Å². The van der Waals surface area contributed by atoms with Gasteiger partial charge in [-0.1, -0.05) is 24.6 Å². The van der Waals surface area contributed by atoms with Gasteiger partial charge in [-0.05, 0) is 18.9 Å². The molecule has 3 N–H and O–H groups in total. The smallest absolute Gasteiger partial charge is 0.128 e. The van der Waals surface area contributed by atoms with E-state index in [1.807, 2.05) is 0 Å². The van der Waals surface area contributed by atoms with E-state index in [2.05, 4.69) is 0 Å². The van der Waals surface area contributed by atoms with E-state index in [4.69, 9.17) is 5.73 Å². The van der Waals surface area contributed by atoms with E-state index >= 15 is 0 Å². The largest absolute Gasteiger partial charge is 0.396 e. The number of halogens is 1. The van der Waals surface area contributed by atoms with E-state index in [1.165, 1.54) is 6.07 Å². The van der Waals surface area contributed by atoms with E-state index in [0.717, 1.165) is 19.3 Å². The molecule has 82 valence electrons. The Hall–Kier alpha value is -0.930. The molecular weight excluding hydrogens is 193 g/mol. The van der Waals surface area contributed by atoms with Gasteiger partial charge in [-0.2, -0.15) is 0 Å². The SMILES string of the molecule is NC1(c2ccccc2F)CCCC1CO. The third-order valence-corrected chi connectivity index (χ3v) is 3.47. The van der Waals surface area contributed by atoms with E-state index in [9.17, 15) is 9.50 Å². The Kier molecular flexibility index (Phi) is 2.76. The molecule has 1 fully saturated rings. The van der Waals surface area contributed by atoms with E-state index in [1.54, 1.807) is 18.2 Å². The summed E-state index contributed by atoms with van der Waals surface area (Å²) < 4.78 is 13.6. The lowest BCUT2D eigenvalue weighted by Crippen LogP contribution is -2.42. The maximum Gasteiger partial charge on any atom is 0.128 e. The van der Waals surface area contributed by atoms with Crippen LogP contribution in [0.3, 0.4) is 0 Å². The Morgan fingerprint density at radius 3 is 2.87 bits per heavy atom. The molecule has 0 aromatic heterocycles. The first-order valence-corrected chi connectivity index (χ1v) is 5.33. The summed E-state index contributed by atoms with van der Waals surface area (Å²) in [5.74, 6) is -0.283. The van der Waals surface area contributed by atoms with E-state index in [-0.39, 0.29) is 18.3 Å². The van der Waals surface area contributed by atoms with Crippen LogP contribution in [-0.2, 0) is 5.54 Å². The van der Waals surface area contributed by atoms with Crippen LogP contribution in [0.15, 0.2) is 24.3 Å². The number of aliphatic hydroxyl groups is 1. The van der Waals surface area contributed by atoms with Crippen molar-refractivity contribution in [2.45, 2.75) is 24.8 Å². The van der Waals surface area contributed by atoms with Crippen molar-refractivity contribution in [3.8, 4) is 0 Å². The Labute approximate surface area is 88.9 Å². The van der Waals surface area contributed by atoms with Gasteiger partial charge in [0.25, 0.3) is 0 Å². The number of nitrogens with two attached hydrogens (primary N) is 1. The fraction of sp³-hybridized carbons (Fsp3) is 0.500. The zero-order chi connectivity index (χ0) is 10.9. The molecule has 0 spiro atoms. The second-order valence-corrected chi connectivity index (χ2v) is 4.29. The molecule has 1 aromatic rings. The van der Waals surface area contributed by atoms with E-state index < -0.39 is 5.54 Å². The average Bonchev–Trinajstić information content (AvgIpc) is 2.61. The van der Waals surface area contributed by atoms with E-state index in [0.29, 0.717) is 5.56 Å². The summed E-state index contributed by atoms with van der Waals surface area (Å²) >= 11 is 0. The van der Waals surface area contributed by atoms with Crippen LogP contribution in [0.4, 0.5) is 4.39 Å². The van der Waals surface area contributed by atoms with Crippen molar-refractivity contribution < 1.29 is 9.50 Å². The lowest BCUT2D eigenvalue weighted by Gasteiger charge is -2.31. The van der Waals surface area contributed by atoms with Crippen molar-refractivity contribution in [3.05, 3.63) is 35.6 Å². The van der Waals surface area contributed by atoms with Crippen LogP contribution in [-0.4, -0.2) is 11.7 Å². The predicted octanol–water partition coefficient (Wildman–Crippen LogP) is 1.77. The fourth-order valence-electron chi connectivity index (χ4n) is 2.55. The normalized spacial score (nSPS) is 30.7. The highest BCUT2D eigenvalue weighted by Crippen LogP contribution is 2.41. The quantitative estimate of drug-likeness (QED) is 0.779. The van der Waals surface area contributed by atoms with Crippen LogP contribution in [0.5, 0.6) is 0 Å². The molecule has 2 unspecified atom stereocenters. The lowest BCUT2D eigenvalue weighted by molar-refractivity contribution is 0.171. The third-order valence-electron chi connectivity index (χ3n) is 3.47. The Morgan fingerprint density at radius 1 is 1.47 bits per heavy atom. The number of benzene rings is 1. The maximum atomic E-state index is 13.6. The van der Waals surface area contributed by atoms with Gasteiger partial charge in [0.15, 0.2) is 0 Å². The first kappa shape index (κ1) is 10.6. The summed E-state index contributed by atoms with van der Waals surface area (Å²) in [6.07, 6.45) is 2.58. The molecule has 3 heteroatoms. The van der Waals surface area contributed by atoms with Crippen LogP contribution in [0.1, 0.15) is 24.8 Å². The molecule has 0 radical (unpaired) electrons. The summed E-state index contributed by atoms with van der Waals surface area (Å²) in [6, 6.07) is 6.60. The highest BCUT2D eigenvalue weighted by Gasteiger charge is 2.41. The summed E-state index contributed by atoms with van der Waals surface area (Å²) in [4.78, 5) is 0. The van der Waals surface area contributed by atoms with Crippen molar-refractivity contribution in [1.29, 1.82) is 0 Å². The highest BCUT2D eigenvalue weighted by molar-refractivity contribution is 5.28. The number of hydrogen-bond acceptors (Lipinski definition) is 2. The van der Waals surface area contributed by atoms with Gasteiger partial charge < -0.3 is 10.8 Å². The van der Waals surface area contributed by atoms with Gasteiger partial charge in [0.1, 0.15) is 5.82 Å². The minimum Gasteiger partial charge on any atom is -0.396 e. The molecule has 2 nitrogen and oxygen atoms in total. The number of rotatable bonds is 2. The van der Waals surface area contributed by atoms with Crippen LogP contribution in [0.25, 0.3) is 0 Å². The second-order valence-electron chi connectivity index (χ2n) is 4.29. The van der Waals surface area contributed by atoms with Gasteiger partial charge in [0.05, 0.1) is 0 Å². The molecule has 0 aliphatic heterocycles. The van der Waals surface area contributed by atoms with Gasteiger partial charge in [0.2, 0.25) is 0 Å². The molecule has 1 aliphatic rings. The molecule has 15 heavy (non-hydrogen) atoms. The minimum absolute atomic E-state index is 0.0191. The van der Waals surface area contributed by atoms with Crippen molar-refractivity contribution in [1.82, 2.24) is 0 Å². The fourth-order valence-corrected chi connectivity index (χ4v) is 2.55. The highest BCUT2D eigenvalue weighted by atomic mass is 19.1. The van der Waals surface area contributed by atoms with Crippen LogP contribution >= 0.6 is 0 Å². The van der Waals surface area contributed by atoms with Gasteiger partial charge in [-0.15, -0.1) is 0 Å². The van der Waals surface area contributed by atoms with Crippen LogP contribution in [0, 0.1) is 11.7 Å². The lowest BCUT2D eigenvalue weighted by atomic mass is 9.81. The Bertz CT molecular complexity index is 355. The van der Waals surface area contributed by atoms with Gasteiger partial charge in [0, 0.05) is 23.6 Å². The topological polar surface area (TPSA) is 46.2 Å². The van der Waals surface area contributed by atoms with Crippen molar-refractivity contribution in [2.75, 3.05) is 6.61 Å². The molecule has 2 atom stereocenters. The maximum absolute atomic E-state index is 13.6. The van der Waals surface area contributed by atoms with Gasteiger partial charge >= 0.3 is 0 Å². The predicted molar refractivity (Wildman–Crippen MR) is 56.7 cm³/mol. The average molecular weight is 209 g/mol. The van der Waals surface area contributed by atoms with Crippen molar-refractivity contribution in [3.63, 3.8) is 0 Å². The Balaban J connectivity index is 2.40. The molecule has 1 saturated carbocycles. The first-order valence-electron chi connectivity index (χ1n) is 5.33. The number of aliphatic hydroxyl groups excluding tert-OH is 1. The standard InChI is InChI=1S/C12H16FNO/c13-11-6-2-1-5-10(11)12(14)7-3-4-9(12)8-15/h1-2,5-6,9,15H,3-4,7-8,14H2. The molecule has 0 amide bonds. The summed E-state index contributed by atoms with van der Waals surface area (Å²) in [6.45, 7) is 0.0326. The molecule has 1 aliphatic carbocycles. The van der Waals surface area contributed by atoms with Crippen molar-refractivity contribution in [2.24, 2.45) is 11.7 Å². The molecule has 0 saturated heterocycles. The second kappa shape index (κ2) is 3.91.